The summed E-state index contributed by atoms with van der Waals surface area (Å²) in [6, 6.07) is 13.1. The van der Waals surface area contributed by atoms with E-state index >= 15 is 0 Å². The molecule has 0 radical (unpaired) electrons. The van der Waals surface area contributed by atoms with Crippen LogP contribution in [0, 0.1) is 12.7 Å². The molecule has 0 aliphatic carbocycles. The van der Waals surface area contributed by atoms with Gasteiger partial charge in [0.1, 0.15) is 11.7 Å². The monoisotopic (exact) mass is 404 g/mol. The zero-order chi connectivity index (χ0) is 21.5. The number of aryl methyl sites for hydroxylation is 1. The van der Waals surface area contributed by atoms with Crippen molar-refractivity contribution in [1.29, 1.82) is 0 Å². The van der Waals surface area contributed by atoms with Crippen LogP contribution >= 0.6 is 0 Å². The van der Waals surface area contributed by atoms with Gasteiger partial charge in [0.05, 0.1) is 6.04 Å². The molecular formula is C24H25FN4O. The topological polar surface area (TPSA) is 70.1 Å². The number of H-pyrrole nitrogens is 1. The van der Waals surface area contributed by atoms with Crippen molar-refractivity contribution < 1.29 is 4.39 Å². The maximum Gasteiger partial charge on any atom is 0.248 e. The van der Waals surface area contributed by atoms with Gasteiger partial charge in [0.2, 0.25) is 5.56 Å². The Hall–Kier alpha value is -3.54. The number of nitrogens with one attached hydrogen (secondary N) is 2. The van der Waals surface area contributed by atoms with Gasteiger partial charge in [-0.2, -0.15) is 0 Å². The van der Waals surface area contributed by atoms with Crippen LogP contribution in [-0.4, -0.2) is 15.8 Å². The average molecular weight is 404 g/mol. The number of benzene rings is 1. The molecule has 0 amide bonds. The summed E-state index contributed by atoms with van der Waals surface area (Å²) in [6.07, 6.45) is 6.50. The van der Waals surface area contributed by atoms with E-state index in [-0.39, 0.29) is 17.4 Å². The number of allylic oxidation sites excluding steroid dienone is 1. The van der Waals surface area contributed by atoms with E-state index < -0.39 is 0 Å². The van der Waals surface area contributed by atoms with Crippen LogP contribution in [0.25, 0.3) is 11.1 Å². The van der Waals surface area contributed by atoms with E-state index in [9.17, 15) is 9.18 Å². The third kappa shape index (κ3) is 5.29. The predicted octanol–water partition coefficient (Wildman–Crippen LogP) is 4.91. The van der Waals surface area contributed by atoms with E-state index in [4.69, 9.17) is 4.99 Å². The van der Waals surface area contributed by atoms with Crippen molar-refractivity contribution >= 4 is 5.84 Å². The first kappa shape index (κ1) is 21.2. The lowest BCUT2D eigenvalue weighted by Gasteiger charge is -2.14. The summed E-state index contributed by atoms with van der Waals surface area (Å²) in [4.78, 5) is 23.9. The van der Waals surface area contributed by atoms with E-state index in [2.05, 4.69) is 15.3 Å². The van der Waals surface area contributed by atoms with E-state index in [1.807, 2.05) is 45.2 Å². The Morgan fingerprint density at radius 2 is 2.00 bits per heavy atom. The fourth-order valence-electron chi connectivity index (χ4n) is 2.98. The maximum atomic E-state index is 13.3. The van der Waals surface area contributed by atoms with Crippen molar-refractivity contribution in [2.24, 2.45) is 4.99 Å². The van der Waals surface area contributed by atoms with Gasteiger partial charge in [0, 0.05) is 34.8 Å². The van der Waals surface area contributed by atoms with Crippen LogP contribution in [0.1, 0.15) is 43.3 Å². The quantitative estimate of drug-likeness (QED) is 0.453. The number of hydrogen-bond donors (Lipinski definition) is 2. The first-order chi connectivity index (χ1) is 14.5. The summed E-state index contributed by atoms with van der Waals surface area (Å²) < 4.78 is 13.3. The summed E-state index contributed by atoms with van der Waals surface area (Å²) in [6.45, 7) is 5.89. The van der Waals surface area contributed by atoms with Crippen molar-refractivity contribution in [3.05, 3.63) is 100 Å². The van der Waals surface area contributed by atoms with E-state index in [1.165, 1.54) is 18.2 Å². The number of halogens is 1. The Kier molecular flexibility index (Phi) is 6.91. The van der Waals surface area contributed by atoms with Crippen LogP contribution in [0.2, 0.25) is 0 Å². The lowest BCUT2D eigenvalue weighted by atomic mass is 10.0. The highest BCUT2D eigenvalue weighted by molar-refractivity contribution is 6.01. The van der Waals surface area contributed by atoms with Crippen LogP contribution in [0.5, 0.6) is 0 Å². The number of pyridine rings is 2. The van der Waals surface area contributed by atoms with Crippen LogP contribution in [0.3, 0.4) is 0 Å². The van der Waals surface area contributed by atoms with E-state index in [0.29, 0.717) is 5.84 Å². The lowest BCUT2D eigenvalue weighted by Crippen LogP contribution is -2.22. The number of aromatic amines is 1. The summed E-state index contributed by atoms with van der Waals surface area (Å²) in [5, 5.41) is 3.26. The second kappa shape index (κ2) is 9.78. The zero-order valence-corrected chi connectivity index (χ0v) is 17.3. The fraction of sp³-hybridized carbons (Fsp3) is 0.208. The van der Waals surface area contributed by atoms with Gasteiger partial charge in [-0.3, -0.25) is 14.8 Å². The summed E-state index contributed by atoms with van der Waals surface area (Å²) in [5.41, 5.74) is 3.94. The number of nitrogens with zero attached hydrogens (tertiary/aromatic N) is 2. The molecule has 0 bridgehead atoms. The minimum atomic E-state index is -0.279. The Morgan fingerprint density at radius 1 is 1.23 bits per heavy atom. The fourth-order valence-corrected chi connectivity index (χ4v) is 2.98. The third-order valence-corrected chi connectivity index (χ3v) is 4.66. The van der Waals surface area contributed by atoms with Crippen molar-refractivity contribution in [3.63, 3.8) is 0 Å². The number of hydrogen-bond acceptors (Lipinski definition) is 3. The summed E-state index contributed by atoms with van der Waals surface area (Å²) in [7, 11) is 0. The smallest absolute Gasteiger partial charge is 0.248 e. The van der Waals surface area contributed by atoms with Crippen molar-refractivity contribution in [3.8, 4) is 11.1 Å². The van der Waals surface area contributed by atoms with Crippen LogP contribution in [0.4, 0.5) is 4.39 Å². The molecule has 0 spiro atoms. The van der Waals surface area contributed by atoms with Crippen LogP contribution in [0.15, 0.2) is 76.8 Å². The van der Waals surface area contributed by atoms with Crippen LogP contribution < -0.4 is 10.9 Å². The number of amidine groups is 1. The molecule has 2 heterocycles. The number of rotatable bonds is 6. The first-order valence-corrected chi connectivity index (χ1v) is 9.89. The molecular weight excluding hydrogens is 379 g/mol. The minimum Gasteiger partial charge on any atom is -0.347 e. The molecule has 5 nitrogen and oxygen atoms in total. The molecule has 0 aliphatic rings. The highest BCUT2D eigenvalue weighted by atomic mass is 19.1. The van der Waals surface area contributed by atoms with Crippen LogP contribution in [-0.2, 0) is 0 Å². The molecule has 2 aromatic heterocycles. The molecule has 6 heteroatoms. The minimum absolute atomic E-state index is 0.161. The van der Waals surface area contributed by atoms with Gasteiger partial charge in [-0.15, -0.1) is 0 Å². The molecule has 1 aromatic carbocycles. The normalized spacial score (nSPS) is 12.9. The van der Waals surface area contributed by atoms with Crippen molar-refractivity contribution in [2.45, 2.75) is 33.2 Å². The Labute approximate surface area is 175 Å². The standard InChI is InChI=1S/C24H25FN4O/c1-4-5-13-26-24(28-17(3)22-7-6-8-23(30)29-22)21-14-19(15-27-16(21)2)18-9-11-20(25)12-10-18/h5-15,17H,4H2,1-3H3,(H,26,28)(H,29,30)/b13-5+. The maximum absolute atomic E-state index is 13.3. The van der Waals surface area contributed by atoms with Gasteiger partial charge in [0.25, 0.3) is 0 Å². The van der Waals surface area contributed by atoms with E-state index in [1.54, 1.807) is 24.4 Å². The molecule has 1 atom stereocenters. The Balaban J connectivity index is 2.04. The third-order valence-electron chi connectivity index (χ3n) is 4.66. The molecule has 2 N–H and O–H groups in total. The second-order valence-corrected chi connectivity index (χ2v) is 6.94. The summed E-state index contributed by atoms with van der Waals surface area (Å²) in [5.74, 6) is 0.365. The highest BCUT2D eigenvalue weighted by Gasteiger charge is 2.13. The number of aromatic nitrogens is 2. The molecule has 1 unspecified atom stereocenters. The average Bonchev–Trinajstić information content (AvgIpc) is 2.74. The highest BCUT2D eigenvalue weighted by Crippen LogP contribution is 2.23. The zero-order valence-electron chi connectivity index (χ0n) is 17.3. The van der Waals surface area contributed by atoms with Gasteiger partial charge >= 0.3 is 0 Å². The molecule has 0 saturated carbocycles. The molecule has 0 aliphatic heterocycles. The van der Waals surface area contributed by atoms with Gasteiger partial charge in [-0.05, 0) is 56.3 Å². The second-order valence-electron chi connectivity index (χ2n) is 6.94. The molecule has 154 valence electrons. The van der Waals surface area contributed by atoms with Gasteiger partial charge in [0.15, 0.2) is 0 Å². The van der Waals surface area contributed by atoms with Gasteiger partial charge in [-0.25, -0.2) is 4.39 Å². The predicted molar refractivity (Wildman–Crippen MR) is 119 cm³/mol. The lowest BCUT2D eigenvalue weighted by molar-refractivity contribution is 0.628. The summed E-state index contributed by atoms with van der Waals surface area (Å²) >= 11 is 0. The molecule has 3 aromatic rings. The number of aliphatic imine (C=N–C) groups is 1. The molecule has 30 heavy (non-hydrogen) atoms. The molecule has 0 saturated heterocycles. The van der Waals surface area contributed by atoms with Crippen molar-refractivity contribution in [2.75, 3.05) is 0 Å². The largest absolute Gasteiger partial charge is 0.347 e. The van der Waals surface area contributed by atoms with E-state index in [0.717, 1.165) is 34.5 Å². The van der Waals surface area contributed by atoms with Gasteiger partial charge < -0.3 is 10.3 Å². The Bertz CT molecular complexity index is 1120. The molecule has 3 rings (SSSR count). The molecule has 0 fully saturated rings. The Morgan fingerprint density at radius 3 is 2.70 bits per heavy atom. The SMILES string of the molecule is CC/C=C/NC(=NC(C)c1cccc(=O)[nH]1)c1cc(-c2ccc(F)cc2)cnc1C. The van der Waals surface area contributed by atoms with Gasteiger partial charge in [-0.1, -0.05) is 31.2 Å². The first-order valence-electron chi connectivity index (χ1n) is 9.89. The van der Waals surface area contributed by atoms with Crippen molar-refractivity contribution in [1.82, 2.24) is 15.3 Å².